The topological polar surface area (TPSA) is 79.0 Å². The summed E-state index contributed by atoms with van der Waals surface area (Å²) in [5, 5.41) is 9.37. The summed E-state index contributed by atoms with van der Waals surface area (Å²) >= 11 is 1.47. The summed E-state index contributed by atoms with van der Waals surface area (Å²) in [6.45, 7) is 3.59. The van der Waals surface area contributed by atoms with Gasteiger partial charge in [-0.25, -0.2) is 4.98 Å². The van der Waals surface area contributed by atoms with Crippen molar-refractivity contribution in [3.8, 4) is 17.5 Å². The zero-order chi connectivity index (χ0) is 20.7. The lowest BCUT2D eigenvalue weighted by Crippen LogP contribution is -2.42. The number of nitriles is 1. The summed E-state index contributed by atoms with van der Waals surface area (Å²) in [5.74, 6) is -0.0186. The maximum Gasteiger partial charge on any atom is 0.271 e. The Balaban J connectivity index is 1.80. The molecule has 6 nitrogen and oxygen atoms in total. The van der Waals surface area contributed by atoms with Crippen molar-refractivity contribution < 1.29 is 9.59 Å². The molecule has 2 aromatic heterocycles. The van der Waals surface area contributed by atoms with E-state index in [0.717, 1.165) is 31.5 Å². The number of carbonyl (C=O) groups excluding carboxylic acids is 2. The van der Waals surface area contributed by atoms with Crippen molar-refractivity contribution >= 4 is 39.6 Å². The van der Waals surface area contributed by atoms with Crippen LogP contribution in [-0.2, 0) is 16.6 Å². The molecule has 144 valence electrons. The molecule has 0 aliphatic carbocycles. The van der Waals surface area contributed by atoms with E-state index in [1.54, 1.807) is 19.9 Å². The number of imidazole rings is 1. The molecule has 0 fully saturated rings. The van der Waals surface area contributed by atoms with Crippen molar-refractivity contribution in [2.75, 3.05) is 6.54 Å². The quantitative estimate of drug-likeness (QED) is 0.491. The van der Waals surface area contributed by atoms with E-state index in [2.05, 4.69) is 0 Å². The fraction of sp³-hybridized carbons (Fsp3) is 0.182. The zero-order valence-corrected chi connectivity index (χ0v) is 17.1. The molecule has 3 aromatic rings. The number of rotatable bonds is 3. The molecule has 0 N–H and O–H groups in total. The molecule has 1 aliphatic rings. The maximum atomic E-state index is 12.8. The Morgan fingerprint density at radius 3 is 2.55 bits per heavy atom. The van der Waals surface area contributed by atoms with Gasteiger partial charge < -0.3 is 4.57 Å². The van der Waals surface area contributed by atoms with Crippen molar-refractivity contribution in [1.82, 2.24) is 14.5 Å². The molecule has 0 bridgehead atoms. The second kappa shape index (κ2) is 7.15. The first kappa shape index (κ1) is 18.8. The Hall–Kier alpha value is -3.50. The van der Waals surface area contributed by atoms with Crippen LogP contribution in [0, 0.1) is 11.3 Å². The maximum absolute atomic E-state index is 12.8. The van der Waals surface area contributed by atoms with Crippen LogP contribution in [-0.4, -0.2) is 32.8 Å². The van der Waals surface area contributed by atoms with Crippen molar-refractivity contribution in [3.05, 3.63) is 58.0 Å². The van der Waals surface area contributed by atoms with Crippen LogP contribution >= 0.6 is 11.3 Å². The molecule has 0 saturated carbocycles. The zero-order valence-electron chi connectivity index (χ0n) is 16.3. The van der Waals surface area contributed by atoms with Crippen LogP contribution in [0.25, 0.3) is 27.8 Å². The van der Waals surface area contributed by atoms with E-state index in [1.807, 2.05) is 54.1 Å². The van der Waals surface area contributed by atoms with E-state index >= 15 is 0 Å². The number of hydrogen-bond donors (Lipinski definition) is 0. The lowest BCUT2D eigenvalue weighted by Gasteiger charge is -2.26. The van der Waals surface area contributed by atoms with Crippen LogP contribution in [0.1, 0.15) is 18.7 Å². The Bertz CT molecular complexity index is 1260. The third-order valence-electron chi connectivity index (χ3n) is 5.06. The van der Waals surface area contributed by atoms with E-state index in [-0.39, 0.29) is 18.0 Å². The van der Waals surface area contributed by atoms with Gasteiger partial charge in [0.05, 0.1) is 5.52 Å². The molecule has 0 saturated heterocycles. The highest BCUT2D eigenvalue weighted by Crippen LogP contribution is 2.33. The van der Waals surface area contributed by atoms with Gasteiger partial charge in [0.15, 0.2) is 0 Å². The van der Waals surface area contributed by atoms with E-state index in [1.165, 1.54) is 11.3 Å². The number of likely N-dealkylation sites (N-methyl/N-ethyl adjacent to an activating group) is 1. The number of fused-ring (bicyclic) bond motifs is 1. The van der Waals surface area contributed by atoms with Crippen LogP contribution in [0.2, 0.25) is 0 Å². The van der Waals surface area contributed by atoms with Crippen LogP contribution in [0.3, 0.4) is 0 Å². The lowest BCUT2D eigenvalue weighted by molar-refractivity contribution is -0.140. The third-order valence-corrected chi connectivity index (χ3v) is 6.02. The van der Waals surface area contributed by atoms with E-state index in [0.29, 0.717) is 11.1 Å². The number of benzene rings is 1. The van der Waals surface area contributed by atoms with Gasteiger partial charge in [0.2, 0.25) is 0 Å². The fourth-order valence-electron chi connectivity index (χ4n) is 3.47. The second-order valence-electron chi connectivity index (χ2n) is 6.72. The summed E-state index contributed by atoms with van der Waals surface area (Å²) in [6.07, 6.45) is 1.75. The Labute approximate surface area is 172 Å². The molecular formula is C22H18N4O2S. The average molecular weight is 402 g/mol. The highest BCUT2D eigenvalue weighted by atomic mass is 32.1. The van der Waals surface area contributed by atoms with Gasteiger partial charge in [0.25, 0.3) is 11.8 Å². The predicted molar refractivity (Wildman–Crippen MR) is 113 cm³/mol. The predicted octanol–water partition coefficient (Wildman–Crippen LogP) is 3.91. The molecule has 7 heteroatoms. The number of aryl methyl sites for hydroxylation is 1. The summed E-state index contributed by atoms with van der Waals surface area (Å²) in [5.41, 5.74) is 2.81. The van der Waals surface area contributed by atoms with Crippen molar-refractivity contribution in [3.63, 3.8) is 0 Å². The number of hydrogen-bond acceptors (Lipinski definition) is 5. The van der Waals surface area contributed by atoms with Crippen LogP contribution < -0.4 is 0 Å². The van der Waals surface area contributed by atoms with Crippen molar-refractivity contribution in [2.45, 2.75) is 13.8 Å². The number of amides is 2. The first-order valence-corrected chi connectivity index (χ1v) is 9.98. The molecule has 1 aromatic carbocycles. The highest BCUT2D eigenvalue weighted by molar-refractivity contribution is 7.19. The second-order valence-corrected chi connectivity index (χ2v) is 7.79. The van der Waals surface area contributed by atoms with E-state index in [9.17, 15) is 14.9 Å². The van der Waals surface area contributed by atoms with Gasteiger partial charge >= 0.3 is 0 Å². The number of imide groups is 1. The van der Waals surface area contributed by atoms with Crippen molar-refractivity contribution in [1.29, 1.82) is 5.26 Å². The third kappa shape index (κ3) is 2.98. The number of thiophene rings is 1. The van der Waals surface area contributed by atoms with Gasteiger partial charge in [-0.3, -0.25) is 14.5 Å². The minimum Gasteiger partial charge on any atom is -0.326 e. The van der Waals surface area contributed by atoms with E-state index < -0.39 is 5.91 Å². The molecule has 0 radical (unpaired) electrons. The largest absolute Gasteiger partial charge is 0.326 e. The molecule has 0 unspecified atom stereocenters. The summed E-state index contributed by atoms with van der Waals surface area (Å²) in [6, 6.07) is 13.9. The molecular weight excluding hydrogens is 384 g/mol. The molecule has 2 amide bonds. The standard InChI is InChI=1S/C22H18N4O2S/c1-4-26-21(27)16(13(2)17(12-23)22(26)28)10-15-11-18-20(29-15)24-19(25(18)3)14-8-6-5-7-9-14/h5-11H,4H2,1-3H3/b16-10-. The van der Waals surface area contributed by atoms with Gasteiger partial charge in [-0.2, -0.15) is 5.26 Å². The van der Waals surface area contributed by atoms with Crippen LogP contribution in [0.5, 0.6) is 0 Å². The number of aromatic nitrogens is 2. The highest BCUT2D eigenvalue weighted by Gasteiger charge is 2.34. The molecule has 1 aliphatic heterocycles. The number of nitrogens with zero attached hydrogens (tertiary/aromatic N) is 4. The van der Waals surface area contributed by atoms with Crippen LogP contribution in [0.4, 0.5) is 0 Å². The first-order valence-electron chi connectivity index (χ1n) is 9.17. The molecule has 3 heterocycles. The lowest BCUT2D eigenvalue weighted by atomic mass is 9.95. The Morgan fingerprint density at radius 2 is 1.93 bits per heavy atom. The first-order chi connectivity index (χ1) is 14.0. The van der Waals surface area contributed by atoms with Gasteiger partial charge in [-0.05, 0) is 31.6 Å². The Morgan fingerprint density at radius 1 is 1.21 bits per heavy atom. The molecule has 4 rings (SSSR count). The number of carbonyl (C=O) groups is 2. The van der Waals surface area contributed by atoms with Gasteiger partial charge in [0, 0.05) is 29.6 Å². The van der Waals surface area contributed by atoms with Crippen molar-refractivity contribution in [2.24, 2.45) is 7.05 Å². The smallest absolute Gasteiger partial charge is 0.271 e. The molecule has 29 heavy (non-hydrogen) atoms. The monoisotopic (exact) mass is 402 g/mol. The minimum atomic E-state index is -0.528. The van der Waals surface area contributed by atoms with Gasteiger partial charge in [0.1, 0.15) is 22.3 Å². The van der Waals surface area contributed by atoms with Gasteiger partial charge in [-0.15, -0.1) is 11.3 Å². The van der Waals surface area contributed by atoms with Crippen LogP contribution in [0.15, 0.2) is 53.1 Å². The normalized spacial score (nSPS) is 16.2. The fourth-order valence-corrected chi connectivity index (χ4v) is 4.47. The van der Waals surface area contributed by atoms with E-state index in [4.69, 9.17) is 4.98 Å². The van der Waals surface area contributed by atoms with Gasteiger partial charge in [-0.1, -0.05) is 30.3 Å². The SMILES string of the molecule is CCN1C(=O)C(C#N)=C(C)/C(=C/c2cc3c(nc(-c4ccccc4)n3C)s2)C1=O. The summed E-state index contributed by atoms with van der Waals surface area (Å²) in [4.78, 5) is 32.7. The summed E-state index contributed by atoms with van der Waals surface area (Å²) < 4.78 is 2.02. The Kier molecular flexibility index (Phi) is 4.65. The minimum absolute atomic E-state index is 0.0169. The summed E-state index contributed by atoms with van der Waals surface area (Å²) in [7, 11) is 1.96. The molecule has 0 spiro atoms. The average Bonchev–Trinajstić information content (AvgIpc) is 3.25. The molecule has 0 atom stereocenters.